The predicted molar refractivity (Wildman–Crippen MR) is 53.9 cm³/mol. The Morgan fingerprint density at radius 2 is 2.21 bits per heavy atom. The monoisotopic (exact) mass is 204 g/mol. The van der Waals surface area contributed by atoms with Crippen LogP contribution in [0.2, 0.25) is 0 Å². The number of hydrogen-bond acceptors (Lipinski definition) is 4. The fourth-order valence-electron chi connectivity index (χ4n) is 0.858. The number of methoxy groups -OCH3 is 1. The van der Waals surface area contributed by atoms with Gasteiger partial charge in [-0.2, -0.15) is 0 Å². The molecule has 2 atom stereocenters. The van der Waals surface area contributed by atoms with Crippen molar-refractivity contribution in [3.8, 4) is 0 Å². The van der Waals surface area contributed by atoms with Crippen LogP contribution in [0.25, 0.3) is 0 Å². The summed E-state index contributed by atoms with van der Waals surface area (Å²) in [6, 6.07) is 0. The van der Waals surface area contributed by atoms with Gasteiger partial charge < -0.3 is 20.5 Å². The Hall–Kier alpha value is -0.650. The average molecular weight is 204 g/mol. The highest BCUT2D eigenvalue weighted by atomic mass is 16.5. The molecule has 0 saturated carbocycles. The fraction of sp³-hybridized carbons (Fsp3) is 0.889. The molecule has 0 heterocycles. The number of amides is 1. The van der Waals surface area contributed by atoms with Gasteiger partial charge in [0.15, 0.2) is 0 Å². The van der Waals surface area contributed by atoms with Crippen LogP contribution in [0.5, 0.6) is 0 Å². The third-order valence-electron chi connectivity index (χ3n) is 2.15. The van der Waals surface area contributed by atoms with Crippen molar-refractivity contribution in [2.24, 2.45) is 5.73 Å². The molecule has 0 aromatic heterocycles. The van der Waals surface area contributed by atoms with E-state index in [9.17, 15) is 4.79 Å². The predicted octanol–water partition coefficient (Wildman–Crippen LogP) is -0.499. The standard InChI is InChI=1S/C9H20N2O3/c1-7(5-13-4)14-6-9(2,11-3)8(10)12/h7,11H,5-6H2,1-4H3,(H2,10,12). The summed E-state index contributed by atoms with van der Waals surface area (Å²) in [6.45, 7) is 4.32. The van der Waals surface area contributed by atoms with Gasteiger partial charge in [-0.05, 0) is 20.9 Å². The molecule has 0 spiro atoms. The molecule has 2 unspecified atom stereocenters. The Kier molecular flexibility index (Phi) is 5.68. The van der Waals surface area contributed by atoms with Crippen molar-refractivity contribution in [1.29, 1.82) is 0 Å². The van der Waals surface area contributed by atoms with Crippen molar-refractivity contribution in [3.05, 3.63) is 0 Å². The number of ether oxygens (including phenoxy) is 2. The third-order valence-corrected chi connectivity index (χ3v) is 2.15. The molecule has 0 bridgehead atoms. The highest BCUT2D eigenvalue weighted by molar-refractivity contribution is 5.84. The number of carbonyl (C=O) groups excluding carboxylic acids is 1. The van der Waals surface area contributed by atoms with Gasteiger partial charge in [0.2, 0.25) is 5.91 Å². The Labute approximate surface area is 84.9 Å². The molecule has 5 nitrogen and oxygen atoms in total. The van der Waals surface area contributed by atoms with Crippen LogP contribution in [0, 0.1) is 0 Å². The van der Waals surface area contributed by atoms with Crippen molar-refractivity contribution >= 4 is 5.91 Å². The number of hydrogen-bond donors (Lipinski definition) is 2. The van der Waals surface area contributed by atoms with Crippen molar-refractivity contribution in [2.45, 2.75) is 25.5 Å². The van der Waals surface area contributed by atoms with Crippen molar-refractivity contribution < 1.29 is 14.3 Å². The van der Waals surface area contributed by atoms with E-state index in [2.05, 4.69) is 5.32 Å². The zero-order valence-electron chi connectivity index (χ0n) is 9.29. The molecule has 1 amide bonds. The molecule has 0 rings (SSSR count). The van der Waals surface area contributed by atoms with E-state index in [4.69, 9.17) is 15.2 Å². The second-order valence-corrected chi connectivity index (χ2v) is 3.52. The molecule has 0 aliphatic rings. The van der Waals surface area contributed by atoms with E-state index in [0.717, 1.165) is 0 Å². The summed E-state index contributed by atoms with van der Waals surface area (Å²) in [7, 11) is 3.28. The second-order valence-electron chi connectivity index (χ2n) is 3.52. The van der Waals surface area contributed by atoms with Crippen molar-refractivity contribution in [2.75, 3.05) is 27.4 Å². The second kappa shape index (κ2) is 5.95. The topological polar surface area (TPSA) is 73.6 Å². The number of carbonyl (C=O) groups is 1. The van der Waals surface area contributed by atoms with Gasteiger partial charge in [-0.1, -0.05) is 0 Å². The lowest BCUT2D eigenvalue weighted by molar-refractivity contribution is -0.127. The zero-order valence-corrected chi connectivity index (χ0v) is 9.29. The maximum Gasteiger partial charge on any atom is 0.239 e. The summed E-state index contributed by atoms with van der Waals surface area (Å²) < 4.78 is 10.3. The zero-order chi connectivity index (χ0) is 11.2. The van der Waals surface area contributed by atoms with Gasteiger partial charge in [0.05, 0.1) is 19.3 Å². The van der Waals surface area contributed by atoms with E-state index < -0.39 is 11.4 Å². The first-order valence-electron chi connectivity index (χ1n) is 4.55. The smallest absolute Gasteiger partial charge is 0.239 e. The molecule has 0 aromatic carbocycles. The van der Waals surface area contributed by atoms with Crippen LogP contribution in [-0.2, 0) is 14.3 Å². The van der Waals surface area contributed by atoms with Gasteiger partial charge in [0, 0.05) is 7.11 Å². The summed E-state index contributed by atoms with van der Waals surface area (Å²) in [6.07, 6.45) is -0.0491. The highest BCUT2D eigenvalue weighted by Gasteiger charge is 2.29. The summed E-state index contributed by atoms with van der Waals surface area (Å²) in [5, 5.41) is 2.83. The Bertz CT molecular complexity index is 187. The number of nitrogens with two attached hydrogens (primary N) is 1. The maximum absolute atomic E-state index is 11.1. The van der Waals surface area contributed by atoms with Gasteiger partial charge in [-0.15, -0.1) is 0 Å². The molecule has 5 heteroatoms. The van der Waals surface area contributed by atoms with Crippen LogP contribution in [0.3, 0.4) is 0 Å². The quantitative estimate of drug-likeness (QED) is 0.586. The first-order chi connectivity index (χ1) is 6.46. The largest absolute Gasteiger partial charge is 0.382 e. The summed E-state index contributed by atoms with van der Waals surface area (Å²) in [5.41, 5.74) is 4.41. The minimum Gasteiger partial charge on any atom is -0.382 e. The summed E-state index contributed by atoms with van der Waals surface area (Å²) in [5.74, 6) is -0.426. The van der Waals surface area contributed by atoms with Gasteiger partial charge >= 0.3 is 0 Å². The Morgan fingerprint density at radius 1 is 1.64 bits per heavy atom. The fourth-order valence-corrected chi connectivity index (χ4v) is 0.858. The maximum atomic E-state index is 11.1. The van der Waals surface area contributed by atoms with E-state index in [1.807, 2.05) is 6.92 Å². The molecule has 0 fully saturated rings. The number of nitrogens with one attached hydrogen (secondary N) is 1. The highest BCUT2D eigenvalue weighted by Crippen LogP contribution is 2.04. The lowest BCUT2D eigenvalue weighted by Gasteiger charge is -2.26. The Balaban J connectivity index is 4.01. The Morgan fingerprint density at radius 3 is 2.57 bits per heavy atom. The third kappa shape index (κ3) is 4.04. The van der Waals surface area contributed by atoms with Gasteiger partial charge in [-0.25, -0.2) is 0 Å². The van der Waals surface area contributed by atoms with Crippen LogP contribution < -0.4 is 11.1 Å². The van der Waals surface area contributed by atoms with Crippen LogP contribution >= 0.6 is 0 Å². The van der Waals surface area contributed by atoms with Gasteiger partial charge in [0.1, 0.15) is 5.54 Å². The molecule has 84 valence electrons. The van der Waals surface area contributed by atoms with Crippen LogP contribution in [-0.4, -0.2) is 44.9 Å². The number of likely N-dealkylation sites (N-methyl/N-ethyl adjacent to an activating group) is 1. The average Bonchev–Trinajstić information content (AvgIpc) is 2.14. The molecule has 14 heavy (non-hydrogen) atoms. The van der Waals surface area contributed by atoms with Gasteiger partial charge in [0.25, 0.3) is 0 Å². The lowest BCUT2D eigenvalue weighted by atomic mass is 10.0. The number of primary amides is 1. The van der Waals surface area contributed by atoms with Crippen molar-refractivity contribution in [1.82, 2.24) is 5.32 Å². The molecule has 0 radical (unpaired) electrons. The molecule has 3 N–H and O–H groups in total. The molecule has 0 aromatic rings. The van der Waals surface area contributed by atoms with E-state index in [1.165, 1.54) is 0 Å². The molecular weight excluding hydrogens is 184 g/mol. The van der Waals surface area contributed by atoms with Gasteiger partial charge in [-0.3, -0.25) is 4.79 Å². The van der Waals surface area contributed by atoms with Crippen LogP contribution in [0.4, 0.5) is 0 Å². The van der Waals surface area contributed by atoms with Crippen molar-refractivity contribution in [3.63, 3.8) is 0 Å². The summed E-state index contributed by atoms with van der Waals surface area (Å²) in [4.78, 5) is 11.1. The normalized spacial score (nSPS) is 17.4. The first kappa shape index (κ1) is 13.4. The summed E-state index contributed by atoms with van der Waals surface area (Å²) >= 11 is 0. The molecular formula is C9H20N2O3. The molecule has 0 saturated heterocycles. The van der Waals surface area contributed by atoms with E-state index in [1.54, 1.807) is 21.1 Å². The molecule has 0 aliphatic carbocycles. The van der Waals surface area contributed by atoms with E-state index in [-0.39, 0.29) is 12.7 Å². The molecule has 0 aliphatic heterocycles. The first-order valence-corrected chi connectivity index (χ1v) is 4.55. The van der Waals surface area contributed by atoms with E-state index in [0.29, 0.717) is 6.61 Å². The number of rotatable bonds is 7. The van der Waals surface area contributed by atoms with Crippen LogP contribution in [0.15, 0.2) is 0 Å². The van der Waals surface area contributed by atoms with E-state index >= 15 is 0 Å². The van der Waals surface area contributed by atoms with Crippen LogP contribution in [0.1, 0.15) is 13.8 Å². The lowest BCUT2D eigenvalue weighted by Crippen LogP contribution is -2.55. The minimum atomic E-state index is -0.817. The SMILES string of the molecule is CNC(C)(COC(C)COC)C(N)=O. The minimum absolute atomic E-state index is 0.0491.